The number of amides is 2. The van der Waals surface area contributed by atoms with Crippen molar-refractivity contribution in [1.29, 1.82) is 0 Å². The summed E-state index contributed by atoms with van der Waals surface area (Å²) in [5.74, 6) is 0.488. The number of fused-ring (bicyclic) bond motifs is 1. The lowest BCUT2D eigenvalue weighted by atomic mass is 10.1. The van der Waals surface area contributed by atoms with Crippen LogP contribution < -0.4 is 9.64 Å². The summed E-state index contributed by atoms with van der Waals surface area (Å²) >= 11 is 5.94. The van der Waals surface area contributed by atoms with Crippen LogP contribution in [0.1, 0.15) is 24.8 Å². The molecular weight excluding hydrogens is 376 g/mol. The molecule has 4 rings (SSSR count). The number of benzene rings is 2. The van der Waals surface area contributed by atoms with E-state index >= 15 is 0 Å². The van der Waals surface area contributed by atoms with E-state index in [1.54, 1.807) is 17.0 Å². The Morgan fingerprint density at radius 3 is 2.46 bits per heavy atom. The number of halogens is 1. The van der Waals surface area contributed by atoms with Gasteiger partial charge in [0.2, 0.25) is 5.91 Å². The monoisotopic (exact) mass is 398 g/mol. The van der Waals surface area contributed by atoms with E-state index in [9.17, 15) is 9.59 Å². The van der Waals surface area contributed by atoms with Crippen LogP contribution in [0.2, 0.25) is 5.02 Å². The van der Waals surface area contributed by atoms with Crippen molar-refractivity contribution in [2.75, 3.05) is 24.5 Å². The van der Waals surface area contributed by atoms with Gasteiger partial charge >= 0.3 is 0 Å². The van der Waals surface area contributed by atoms with Crippen LogP contribution in [-0.2, 0) is 16.0 Å². The molecule has 5 nitrogen and oxygen atoms in total. The maximum absolute atomic E-state index is 13.1. The van der Waals surface area contributed by atoms with Crippen molar-refractivity contribution < 1.29 is 14.3 Å². The van der Waals surface area contributed by atoms with Crippen molar-refractivity contribution in [3.8, 4) is 5.75 Å². The molecule has 2 aliphatic heterocycles. The summed E-state index contributed by atoms with van der Waals surface area (Å²) in [6.07, 6.45) is 2.78. The molecule has 0 saturated carbocycles. The maximum Gasteiger partial charge on any atom is 0.265 e. The number of carbonyl (C=O) groups is 2. The van der Waals surface area contributed by atoms with Crippen molar-refractivity contribution in [3.63, 3.8) is 0 Å². The standard InChI is InChI=1S/C22H23ClN2O3/c23-17-10-8-16(9-11-17)14-21(26)25-15-20(22(27)24-12-4-1-5-13-24)28-19-7-3-2-6-18(19)25/h2-3,6-11,20H,1,4-5,12-15H2. The summed E-state index contributed by atoms with van der Waals surface area (Å²) < 4.78 is 5.99. The zero-order valence-corrected chi connectivity index (χ0v) is 16.4. The molecule has 2 aromatic carbocycles. The zero-order valence-electron chi connectivity index (χ0n) is 15.6. The molecule has 1 unspecified atom stereocenters. The number of carbonyl (C=O) groups excluding carboxylic acids is 2. The Labute approximate surface area is 169 Å². The van der Waals surface area contributed by atoms with E-state index in [1.165, 1.54) is 0 Å². The molecule has 146 valence electrons. The summed E-state index contributed by atoms with van der Waals surface area (Å²) in [4.78, 5) is 29.6. The largest absolute Gasteiger partial charge is 0.476 e. The van der Waals surface area contributed by atoms with Crippen molar-refractivity contribution in [3.05, 3.63) is 59.1 Å². The lowest BCUT2D eigenvalue weighted by molar-refractivity contribution is -0.139. The lowest BCUT2D eigenvalue weighted by Crippen LogP contribution is -2.53. The highest BCUT2D eigenvalue weighted by Crippen LogP contribution is 2.34. The average molecular weight is 399 g/mol. The van der Waals surface area contributed by atoms with Crippen LogP contribution in [0.25, 0.3) is 0 Å². The molecule has 28 heavy (non-hydrogen) atoms. The van der Waals surface area contributed by atoms with Gasteiger partial charge in [-0.1, -0.05) is 35.9 Å². The second kappa shape index (κ2) is 8.23. The van der Waals surface area contributed by atoms with Crippen molar-refractivity contribution in [1.82, 2.24) is 4.90 Å². The third kappa shape index (κ3) is 3.99. The number of rotatable bonds is 3. The highest BCUT2D eigenvalue weighted by Gasteiger charge is 2.36. The van der Waals surface area contributed by atoms with Gasteiger partial charge in [0.25, 0.3) is 5.91 Å². The van der Waals surface area contributed by atoms with E-state index < -0.39 is 6.10 Å². The van der Waals surface area contributed by atoms with Gasteiger partial charge in [0, 0.05) is 18.1 Å². The maximum atomic E-state index is 13.1. The number of hydrogen-bond donors (Lipinski definition) is 0. The Morgan fingerprint density at radius 2 is 1.71 bits per heavy atom. The Balaban J connectivity index is 1.55. The summed E-state index contributed by atoms with van der Waals surface area (Å²) in [7, 11) is 0. The molecule has 0 spiro atoms. The topological polar surface area (TPSA) is 49.9 Å². The average Bonchev–Trinajstić information content (AvgIpc) is 2.74. The van der Waals surface area contributed by atoms with E-state index in [0.717, 1.165) is 37.9 Å². The number of para-hydroxylation sites is 2. The van der Waals surface area contributed by atoms with Gasteiger partial charge in [-0.3, -0.25) is 9.59 Å². The first-order valence-electron chi connectivity index (χ1n) is 9.71. The minimum absolute atomic E-state index is 0.0292. The van der Waals surface area contributed by atoms with Gasteiger partial charge in [0.15, 0.2) is 6.10 Å². The van der Waals surface area contributed by atoms with Gasteiger partial charge in [-0.25, -0.2) is 0 Å². The minimum Gasteiger partial charge on any atom is -0.476 e. The first-order valence-corrected chi connectivity index (χ1v) is 10.1. The first-order chi connectivity index (χ1) is 13.6. The third-order valence-corrected chi connectivity index (χ3v) is 5.54. The Bertz CT molecular complexity index is 862. The quantitative estimate of drug-likeness (QED) is 0.792. The summed E-state index contributed by atoms with van der Waals surface area (Å²) in [5.41, 5.74) is 1.60. The molecule has 1 fully saturated rings. The predicted octanol–water partition coefficient (Wildman–Crippen LogP) is 3.69. The molecule has 0 aliphatic carbocycles. The van der Waals surface area contributed by atoms with Gasteiger partial charge in [-0.2, -0.15) is 0 Å². The fourth-order valence-corrected chi connectivity index (χ4v) is 3.92. The van der Waals surface area contributed by atoms with Crippen LogP contribution in [-0.4, -0.2) is 42.5 Å². The molecule has 2 aliphatic rings. The molecule has 0 radical (unpaired) electrons. The van der Waals surface area contributed by atoms with E-state index in [4.69, 9.17) is 16.3 Å². The van der Waals surface area contributed by atoms with Crippen LogP contribution in [0.15, 0.2) is 48.5 Å². The number of ether oxygens (including phenoxy) is 1. The van der Waals surface area contributed by atoms with Crippen LogP contribution >= 0.6 is 11.6 Å². The second-order valence-corrected chi connectivity index (χ2v) is 7.70. The second-order valence-electron chi connectivity index (χ2n) is 7.27. The molecule has 6 heteroatoms. The van der Waals surface area contributed by atoms with Crippen molar-refractivity contribution in [2.45, 2.75) is 31.8 Å². The molecule has 0 aromatic heterocycles. The van der Waals surface area contributed by atoms with Crippen molar-refractivity contribution in [2.24, 2.45) is 0 Å². The van der Waals surface area contributed by atoms with E-state index in [1.807, 2.05) is 41.3 Å². The Morgan fingerprint density at radius 1 is 1.00 bits per heavy atom. The predicted molar refractivity (Wildman–Crippen MR) is 109 cm³/mol. The number of nitrogens with zero attached hydrogens (tertiary/aromatic N) is 2. The van der Waals surface area contributed by atoms with Crippen LogP contribution in [0, 0.1) is 0 Å². The van der Waals surface area contributed by atoms with Gasteiger partial charge in [-0.15, -0.1) is 0 Å². The summed E-state index contributed by atoms with van der Waals surface area (Å²) in [6.45, 7) is 1.76. The molecule has 0 N–H and O–H groups in total. The highest BCUT2D eigenvalue weighted by molar-refractivity contribution is 6.30. The van der Waals surface area contributed by atoms with Crippen LogP contribution in [0.3, 0.4) is 0 Å². The van der Waals surface area contributed by atoms with Crippen molar-refractivity contribution >= 4 is 29.1 Å². The molecule has 0 bridgehead atoms. The minimum atomic E-state index is -0.665. The number of anilines is 1. The molecule has 2 heterocycles. The van der Waals surface area contributed by atoms with E-state index in [0.29, 0.717) is 16.5 Å². The number of likely N-dealkylation sites (tertiary alicyclic amines) is 1. The number of hydrogen-bond acceptors (Lipinski definition) is 3. The van der Waals surface area contributed by atoms with Gasteiger partial charge in [0.05, 0.1) is 18.7 Å². The SMILES string of the molecule is O=C(C1CN(C(=O)Cc2ccc(Cl)cc2)c2ccccc2O1)N1CCCCC1. The summed E-state index contributed by atoms with van der Waals surface area (Å²) in [6, 6.07) is 14.7. The summed E-state index contributed by atoms with van der Waals surface area (Å²) in [5, 5.41) is 0.639. The molecular formula is C22H23ClN2O3. The van der Waals surface area contributed by atoms with Crippen LogP contribution in [0.4, 0.5) is 5.69 Å². The molecule has 2 amide bonds. The lowest BCUT2D eigenvalue weighted by Gasteiger charge is -2.37. The zero-order chi connectivity index (χ0) is 19.5. The normalized spacial score (nSPS) is 19.0. The Kier molecular flexibility index (Phi) is 5.53. The van der Waals surface area contributed by atoms with E-state index in [-0.39, 0.29) is 24.8 Å². The van der Waals surface area contributed by atoms with Gasteiger partial charge in [-0.05, 0) is 49.1 Å². The Hall–Kier alpha value is -2.53. The first kappa shape index (κ1) is 18.8. The molecule has 2 aromatic rings. The third-order valence-electron chi connectivity index (χ3n) is 5.29. The fraction of sp³-hybridized carbons (Fsp3) is 0.364. The molecule has 1 saturated heterocycles. The number of piperidine rings is 1. The van der Waals surface area contributed by atoms with E-state index in [2.05, 4.69) is 0 Å². The highest BCUT2D eigenvalue weighted by atomic mass is 35.5. The molecule has 1 atom stereocenters. The van der Waals surface area contributed by atoms with Crippen LogP contribution in [0.5, 0.6) is 5.75 Å². The van der Waals surface area contributed by atoms with Gasteiger partial charge < -0.3 is 14.5 Å². The fourth-order valence-electron chi connectivity index (χ4n) is 3.79. The smallest absolute Gasteiger partial charge is 0.265 e. The van der Waals surface area contributed by atoms with Gasteiger partial charge in [0.1, 0.15) is 5.75 Å².